The number of alkyl halides is 3. The molecular formula is C21H17F4N7O. The van der Waals surface area contributed by atoms with Crippen molar-refractivity contribution in [2.24, 2.45) is 0 Å². The number of nitrogens with zero attached hydrogens (tertiary/aromatic N) is 5. The first kappa shape index (κ1) is 19.9. The summed E-state index contributed by atoms with van der Waals surface area (Å²) in [6, 6.07) is 5.74. The maximum atomic E-state index is 14.9. The highest BCUT2D eigenvalue weighted by atomic mass is 19.4. The highest BCUT2D eigenvalue weighted by Gasteiger charge is 2.66. The van der Waals surface area contributed by atoms with Crippen molar-refractivity contribution in [1.82, 2.24) is 24.9 Å². The average Bonchev–Trinajstić information content (AvgIpc) is 3.69. The fourth-order valence-electron chi connectivity index (χ4n) is 4.04. The number of anilines is 3. The number of fused-ring (bicyclic) bond motifs is 1. The first-order chi connectivity index (χ1) is 15.8. The SMILES string of the molecule is Nc1ncnc2c1c(-c1ccc(Nc3cc(C4(C(F)(F)F)CC4)no3)c(F)c1)nn2C1CC1. The Balaban J connectivity index is 1.31. The molecule has 0 bridgehead atoms. The van der Waals surface area contributed by atoms with Crippen molar-refractivity contribution in [3.8, 4) is 11.3 Å². The van der Waals surface area contributed by atoms with Crippen molar-refractivity contribution in [2.75, 3.05) is 11.1 Å². The molecule has 6 rings (SSSR count). The van der Waals surface area contributed by atoms with Crippen LogP contribution in [-0.2, 0) is 5.41 Å². The third kappa shape index (κ3) is 3.11. The predicted molar refractivity (Wildman–Crippen MR) is 110 cm³/mol. The van der Waals surface area contributed by atoms with Crippen LogP contribution in [0.25, 0.3) is 22.3 Å². The van der Waals surface area contributed by atoms with Crippen LogP contribution in [0.1, 0.15) is 37.4 Å². The van der Waals surface area contributed by atoms with E-state index in [1.807, 2.05) is 0 Å². The Bertz CT molecular complexity index is 1390. The van der Waals surface area contributed by atoms with Crippen molar-refractivity contribution in [2.45, 2.75) is 43.3 Å². The van der Waals surface area contributed by atoms with E-state index in [0.29, 0.717) is 22.3 Å². The maximum Gasteiger partial charge on any atom is 0.400 e. The third-order valence-electron chi connectivity index (χ3n) is 6.20. The summed E-state index contributed by atoms with van der Waals surface area (Å²) < 4.78 is 61.6. The molecule has 12 heteroatoms. The Kier molecular flexibility index (Phi) is 4.02. The number of aromatic nitrogens is 5. The van der Waals surface area contributed by atoms with Gasteiger partial charge in [-0.1, -0.05) is 11.2 Å². The van der Waals surface area contributed by atoms with E-state index >= 15 is 0 Å². The second-order valence-corrected chi connectivity index (χ2v) is 8.46. The standard InChI is InChI=1S/C21H17F4N7O/c22-12-7-10(17-16-18(26)27-9-28-19(16)32(30-17)11-2-3-11)1-4-13(12)29-15-8-14(31-33-15)20(5-6-20)21(23,24)25/h1,4,7-9,11,29H,2-3,5-6H2,(H2,26,27,28). The van der Waals surface area contributed by atoms with Gasteiger partial charge in [-0.05, 0) is 37.8 Å². The Morgan fingerprint density at radius 3 is 2.61 bits per heavy atom. The van der Waals surface area contributed by atoms with Gasteiger partial charge in [0, 0.05) is 11.6 Å². The Morgan fingerprint density at radius 2 is 1.94 bits per heavy atom. The maximum absolute atomic E-state index is 14.9. The van der Waals surface area contributed by atoms with E-state index in [1.54, 1.807) is 10.7 Å². The topological polar surface area (TPSA) is 108 Å². The number of rotatable bonds is 5. The first-order valence-electron chi connectivity index (χ1n) is 10.4. The molecule has 0 unspecified atom stereocenters. The average molecular weight is 459 g/mol. The highest BCUT2D eigenvalue weighted by molar-refractivity contribution is 5.98. The largest absolute Gasteiger partial charge is 0.400 e. The number of benzene rings is 1. The zero-order valence-electron chi connectivity index (χ0n) is 17.0. The van der Waals surface area contributed by atoms with Crippen molar-refractivity contribution in [3.05, 3.63) is 42.1 Å². The van der Waals surface area contributed by atoms with Crippen molar-refractivity contribution in [3.63, 3.8) is 0 Å². The van der Waals surface area contributed by atoms with Crippen LogP contribution in [0.4, 0.5) is 35.0 Å². The molecule has 2 aliphatic carbocycles. The second kappa shape index (κ2) is 6.65. The molecule has 33 heavy (non-hydrogen) atoms. The number of nitrogen functional groups attached to an aromatic ring is 1. The van der Waals surface area contributed by atoms with Crippen LogP contribution >= 0.6 is 0 Å². The second-order valence-electron chi connectivity index (χ2n) is 8.46. The van der Waals surface area contributed by atoms with Gasteiger partial charge in [-0.25, -0.2) is 19.0 Å². The van der Waals surface area contributed by atoms with Gasteiger partial charge in [-0.3, -0.25) is 0 Å². The molecule has 0 spiro atoms. The summed E-state index contributed by atoms with van der Waals surface area (Å²) in [5.74, 6) is -0.474. The molecule has 4 aromatic rings. The smallest absolute Gasteiger partial charge is 0.383 e. The lowest BCUT2D eigenvalue weighted by Crippen LogP contribution is -2.28. The van der Waals surface area contributed by atoms with Gasteiger partial charge in [-0.15, -0.1) is 0 Å². The molecule has 0 amide bonds. The highest BCUT2D eigenvalue weighted by Crippen LogP contribution is 2.58. The van der Waals surface area contributed by atoms with Gasteiger partial charge in [-0.2, -0.15) is 18.3 Å². The molecule has 0 aliphatic heterocycles. The Labute approximate surface area is 183 Å². The number of halogens is 4. The molecule has 3 N–H and O–H groups in total. The van der Waals surface area contributed by atoms with Gasteiger partial charge < -0.3 is 15.6 Å². The zero-order chi connectivity index (χ0) is 23.0. The van der Waals surface area contributed by atoms with E-state index in [2.05, 4.69) is 25.5 Å². The fraction of sp³-hybridized carbons (Fsp3) is 0.333. The quantitative estimate of drug-likeness (QED) is 0.410. The van der Waals surface area contributed by atoms with Gasteiger partial charge >= 0.3 is 6.18 Å². The molecule has 0 atom stereocenters. The number of hydrogen-bond donors (Lipinski definition) is 2. The number of nitrogens with one attached hydrogen (secondary N) is 1. The van der Waals surface area contributed by atoms with Crippen LogP contribution in [0.5, 0.6) is 0 Å². The molecule has 0 radical (unpaired) electrons. The first-order valence-corrected chi connectivity index (χ1v) is 10.4. The molecule has 8 nitrogen and oxygen atoms in total. The molecule has 0 saturated heterocycles. The molecule has 1 aromatic carbocycles. The van der Waals surface area contributed by atoms with Gasteiger partial charge in [0.15, 0.2) is 5.65 Å². The molecule has 3 heterocycles. The summed E-state index contributed by atoms with van der Waals surface area (Å²) in [7, 11) is 0. The molecule has 2 aliphatic rings. The summed E-state index contributed by atoms with van der Waals surface area (Å²) in [5.41, 5.74) is 5.43. The molecule has 2 saturated carbocycles. The van der Waals surface area contributed by atoms with Crippen molar-refractivity contribution >= 4 is 28.4 Å². The fourth-order valence-corrected chi connectivity index (χ4v) is 4.04. The van der Waals surface area contributed by atoms with E-state index < -0.39 is 17.4 Å². The van der Waals surface area contributed by atoms with E-state index in [4.69, 9.17) is 10.3 Å². The third-order valence-corrected chi connectivity index (χ3v) is 6.20. The van der Waals surface area contributed by atoms with Crippen molar-refractivity contribution < 1.29 is 22.1 Å². The molecule has 3 aromatic heterocycles. The summed E-state index contributed by atoms with van der Waals surface area (Å²) in [6.07, 6.45) is -1.17. The summed E-state index contributed by atoms with van der Waals surface area (Å²) in [4.78, 5) is 8.33. The van der Waals surface area contributed by atoms with Gasteiger partial charge in [0.1, 0.15) is 34.8 Å². The molecular weight excluding hydrogens is 442 g/mol. The van der Waals surface area contributed by atoms with Crippen LogP contribution in [0, 0.1) is 5.82 Å². The van der Waals surface area contributed by atoms with Crippen LogP contribution < -0.4 is 11.1 Å². The monoisotopic (exact) mass is 459 g/mol. The lowest BCUT2D eigenvalue weighted by molar-refractivity contribution is -0.161. The Hall–Kier alpha value is -3.70. The minimum Gasteiger partial charge on any atom is -0.383 e. The van der Waals surface area contributed by atoms with Gasteiger partial charge in [0.25, 0.3) is 0 Å². The number of hydrogen-bond acceptors (Lipinski definition) is 7. The number of nitrogens with two attached hydrogens (primary N) is 1. The zero-order valence-corrected chi connectivity index (χ0v) is 17.0. The van der Waals surface area contributed by atoms with Crippen LogP contribution in [0.15, 0.2) is 35.1 Å². The van der Waals surface area contributed by atoms with Gasteiger partial charge in [0.2, 0.25) is 5.88 Å². The summed E-state index contributed by atoms with van der Waals surface area (Å²) in [5, 5.41) is 11.4. The summed E-state index contributed by atoms with van der Waals surface area (Å²) >= 11 is 0. The van der Waals surface area contributed by atoms with Crippen LogP contribution in [0.3, 0.4) is 0 Å². The molecule has 2 fully saturated rings. The minimum atomic E-state index is -4.41. The van der Waals surface area contributed by atoms with E-state index in [0.717, 1.165) is 18.9 Å². The van der Waals surface area contributed by atoms with E-state index in [-0.39, 0.29) is 42.0 Å². The predicted octanol–water partition coefficient (Wildman–Crippen LogP) is 4.88. The van der Waals surface area contributed by atoms with Crippen LogP contribution in [0.2, 0.25) is 0 Å². The molecule has 170 valence electrons. The Morgan fingerprint density at radius 1 is 1.15 bits per heavy atom. The lowest BCUT2D eigenvalue weighted by atomic mass is 10.0. The van der Waals surface area contributed by atoms with Crippen LogP contribution in [-0.4, -0.2) is 31.1 Å². The summed E-state index contributed by atoms with van der Waals surface area (Å²) in [6.45, 7) is 0. The minimum absolute atomic E-state index is 0.0217. The van der Waals surface area contributed by atoms with E-state index in [9.17, 15) is 17.6 Å². The van der Waals surface area contributed by atoms with E-state index in [1.165, 1.54) is 18.5 Å². The van der Waals surface area contributed by atoms with Gasteiger partial charge in [0.05, 0.1) is 17.1 Å². The normalized spacial score (nSPS) is 17.5. The lowest BCUT2D eigenvalue weighted by Gasteiger charge is -2.15. The van der Waals surface area contributed by atoms with Crippen molar-refractivity contribution in [1.29, 1.82) is 0 Å².